The van der Waals surface area contributed by atoms with Crippen LogP contribution in [0, 0.1) is 0 Å². The number of aliphatic hydroxyl groups is 1. The van der Waals surface area contributed by atoms with Crippen molar-refractivity contribution in [2.24, 2.45) is 7.05 Å². The number of hydrogen-bond acceptors (Lipinski definition) is 4. The number of halogens is 2. The van der Waals surface area contributed by atoms with Crippen molar-refractivity contribution in [3.8, 4) is 0 Å². The molecule has 5 nitrogen and oxygen atoms in total. The lowest BCUT2D eigenvalue weighted by Crippen LogP contribution is -2.47. The van der Waals surface area contributed by atoms with E-state index in [1.165, 1.54) is 0 Å². The number of nitrogens with zero attached hydrogens (tertiary/aromatic N) is 4. The van der Waals surface area contributed by atoms with Crippen LogP contribution in [0.4, 0.5) is 0 Å². The van der Waals surface area contributed by atoms with Gasteiger partial charge in [0.25, 0.3) is 0 Å². The molecule has 0 amide bonds. The average Bonchev–Trinajstić information content (AvgIpc) is 2.70. The molecule has 0 saturated heterocycles. The Kier molecular flexibility index (Phi) is 3.00. The Balaban J connectivity index is 2.14. The van der Waals surface area contributed by atoms with Gasteiger partial charge in [-0.2, -0.15) is 0 Å². The van der Waals surface area contributed by atoms with E-state index < -0.39 is 0 Å². The number of aliphatic hydroxyl groups excluding tert-OH is 1. The molecule has 0 aliphatic heterocycles. The first-order valence-corrected chi connectivity index (χ1v) is 6.63. The minimum atomic E-state index is -0.388. The molecule has 3 rings (SSSR count). The van der Waals surface area contributed by atoms with E-state index in [9.17, 15) is 5.11 Å². The third-order valence-electron chi connectivity index (χ3n) is 3.62. The van der Waals surface area contributed by atoms with Crippen molar-refractivity contribution in [3.05, 3.63) is 40.2 Å². The highest BCUT2D eigenvalue weighted by molar-refractivity contribution is 6.32. The largest absolute Gasteiger partial charge is 0.393 e. The molecule has 2 aromatic heterocycles. The van der Waals surface area contributed by atoms with Crippen LogP contribution in [0.15, 0.2) is 18.5 Å². The minimum absolute atomic E-state index is 0.338. The van der Waals surface area contributed by atoms with Crippen LogP contribution < -0.4 is 0 Å². The third kappa shape index (κ3) is 2.02. The lowest BCUT2D eigenvalue weighted by Gasteiger charge is -2.44. The number of hydrogen-bond donors (Lipinski definition) is 1. The Labute approximate surface area is 120 Å². The Morgan fingerprint density at radius 2 is 1.95 bits per heavy atom. The molecule has 100 valence electrons. The summed E-state index contributed by atoms with van der Waals surface area (Å²) in [5, 5.41) is 18.5. The lowest BCUT2D eigenvalue weighted by atomic mass is 9.62. The summed E-state index contributed by atoms with van der Waals surface area (Å²) >= 11 is 11.9. The fourth-order valence-corrected chi connectivity index (χ4v) is 3.21. The highest BCUT2D eigenvalue weighted by Gasteiger charge is 2.49. The van der Waals surface area contributed by atoms with Crippen molar-refractivity contribution in [1.29, 1.82) is 0 Å². The second-order valence-electron chi connectivity index (χ2n) is 4.91. The molecular weight excluding hydrogens is 287 g/mol. The van der Waals surface area contributed by atoms with Crippen molar-refractivity contribution in [2.75, 3.05) is 0 Å². The summed E-state index contributed by atoms with van der Waals surface area (Å²) in [5.74, 6) is 0.802. The molecule has 19 heavy (non-hydrogen) atoms. The van der Waals surface area contributed by atoms with Gasteiger partial charge >= 0.3 is 0 Å². The second-order valence-corrected chi connectivity index (χ2v) is 5.69. The highest BCUT2D eigenvalue weighted by atomic mass is 35.5. The molecule has 7 heteroatoms. The first-order chi connectivity index (χ1) is 9.01. The predicted octanol–water partition coefficient (Wildman–Crippen LogP) is 1.96. The van der Waals surface area contributed by atoms with Gasteiger partial charge in [0.15, 0.2) is 0 Å². The van der Waals surface area contributed by atoms with Crippen LogP contribution in [0.2, 0.25) is 10.3 Å². The van der Waals surface area contributed by atoms with E-state index in [0.29, 0.717) is 23.1 Å². The summed E-state index contributed by atoms with van der Waals surface area (Å²) in [4.78, 5) is 3.95. The fraction of sp³-hybridized carbons (Fsp3) is 0.417. The van der Waals surface area contributed by atoms with Gasteiger partial charge < -0.3 is 9.67 Å². The molecule has 0 unspecified atom stereocenters. The Hall–Kier alpha value is -1.17. The van der Waals surface area contributed by atoms with Crippen LogP contribution in [-0.2, 0) is 12.5 Å². The zero-order valence-electron chi connectivity index (χ0n) is 10.2. The maximum absolute atomic E-state index is 9.73. The van der Waals surface area contributed by atoms with Crippen LogP contribution in [0.1, 0.15) is 24.2 Å². The van der Waals surface area contributed by atoms with E-state index in [4.69, 9.17) is 23.2 Å². The van der Waals surface area contributed by atoms with E-state index >= 15 is 0 Å². The molecule has 2 aromatic rings. The summed E-state index contributed by atoms with van der Waals surface area (Å²) in [6.45, 7) is 0. The van der Waals surface area contributed by atoms with Crippen LogP contribution in [-0.4, -0.2) is 31.0 Å². The Bertz CT molecular complexity index is 602. The van der Waals surface area contributed by atoms with Gasteiger partial charge in [-0.05, 0) is 30.5 Å². The topological polar surface area (TPSA) is 63.8 Å². The average molecular weight is 299 g/mol. The molecule has 1 N–H and O–H groups in total. The van der Waals surface area contributed by atoms with Crippen LogP contribution in [0.5, 0.6) is 0 Å². The Morgan fingerprint density at radius 3 is 2.42 bits per heavy atom. The minimum Gasteiger partial charge on any atom is -0.393 e. The monoisotopic (exact) mass is 298 g/mol. The second kappa shape index (κ2) is 4.44. The van der Waals surface area contributed by atoms with Gasteiger partial charge in [-0.25, -0.2) is 4.98 Å². The van der Waals surface area contributed by atoms with E-state index in [1.54, 1.807) is 18.5 Å². The van der Waals surface area contributed by atoms with Gasteiger partial charge in [0.1, 0.15) is 22.5 Å². The number of aryl methyl sites for hydroxylation is 1. The van der Waals surface area contributed by atoms with Crippen LogP contribution in [0.25, 0.3) is 0 Å². The van der Waals surface area contributed by atoms with Gasteiger partial charge in [-0.3, -0.25) is 0 Å². The molecular formula is C12H12Cl2N4O. The SMILES string of the molecule is Cn1cnnc1C1(c2cc(Cl)nc(Cl)c2)CC(O)C1. The molecule has 0 aromatic carbocycles. The highest BCUT2D eigenvalue weighted by Crippen LogP contribution is 2.48. The summed E-state index contributed by atoms with van der Waals surface area (Å²) in [6.07, 6.45) is 2.46. The summed E-state index contributed by atoms with van der Waals surface area (Å²) < 4.78 is 1.86. The van der Waals surface area contributed by atoms with Crippen molar-refractivity contribution in [3.63, 3.8) is 0 Å². The normalized spacial score (nSPS) is 26.2. The number of aromatic nitrogens is 4. The molecule has 0 atom stereocenters. The smallest absolute Gasteiger partial charge is 0.143 e. The van der Waals surface area contributed by atoms with Crippen LogP contribution >= 0.6 is 23.2 Å². The van der Waals surface area contributed by atoms with Crippen molar-refractivity contribution < 1.29 is 5.11 Å². The zero-order chi connectivity index (χ0) is 13.6. The Morgan fingerprint density at radius 1 is 1.32 bits per heavy atom. The number of pyridine rings is 1. The molecule has 0 radical (unpaired) electrons. The maximum Gasteiger partial charge on any atom is 0.143 e. The lowest BCUT2D eigenvalue weighted by molar-refractivity contribution is 0.0322. The summed E-state index contributed by atoms with van der Waals surface area (Å²) in [5.41, 5.74) is 0.528. The number of rotatable bonds is 2. The molecule has 0 bridgehead atoms. The first-order valence-electron chi connectivity index (χ1n) is 5.87. The third-order valence-corrected chi connectivity index (χ3v) is 4.01. The molecule has 1 fully saturated rings. The van der Waals surface area contributed by atoms with Crippen LogP contribution in [0.3, 0.4) is 0 Å². The zero-order valence-corrected chi connectivity index (χ0v) is 11.7. The van der Waals surface area contributed by atoms with Gasteiger partial charge in [-0.1, -0.05) is 23.2 Å². The van der Waals surface area contributed by atoms with Gasteiger partial charge in [0.05, 0.1) is 11.5 Å². The van der Waals surface area contributed by atoms with Crippen molar-refractivity contribution >= 4 is 23.2 Å². The quantitative estimate of drug-likeness (QED) is 0.861. The van der Waals surface area contributed by atoms with Gasteiger partial charge in [0.2, 0.25) is 0 Å². The van der Waals surface area contributed by atoms with Crippen molar-refractivity contribution in [1.82, 2.24) is 19.7 Å². The van der Waals surface area contributed by atoms with E-state index in [-0.39, 0.29) is 11.5 Å². The standard InChI is InChI=1S/C12H12Cl2N4O/c1-18-6-15-17-11(18)12(4-8(19)5-12)7-2-9(13)16-10(14)3-7/h2-3,6,8,19H,4-5H2,1H3. The summed E-state index contributed by atoms with van der Waals surface area (Å²) in [6, 6.07) is 3.54. The molecule has 1 saturated carbocycles. The fourth-order valence-electron chi connectivity index (χ4n) is 2.75. The van der Waals surface area contributed by atoms with E-state index in [1.807, 2.05) is 11.6 Å². The molecule has 0 spiro atoms. The van der Waals surface area contributed by atoms with Crippen molar-refractivity contribution in [2.45, 2.75) is 24.4 Å². The van der Waals surface area contributed by atoms with E-state index in [0.717, 1.165) is 11.4 Å². The van der Waals surface area contributed by atoms with Gasteiger partial charge in [0, 0.05) is 7.05 Å². The maximum atomic E-state index is 9.73. The van der Waals surface area contributed by atoms with E-state index in [2.05, 4.69) is 15.2 Å². The van der Waals surface area contributed by atoms with Gasteiger partial charge in [-0.15, -0.1) is 10.2 Å². The predicted molar refractivity (Wildman–Crippen MR) is 71.3 cm³/mol. The molecule has 2 heterocycles. The summed E-state index contributed by atoms with van der Waals surface area (Å²) in [7, 11) is 1.88. The molecule has 1 aliphatic rings. The molecule has 1 aliphatic carbocycles. The first kappa shape index (κ1) is 12.8.